The monoisotopic (exact) mass is 369 g/mol. The zero-order chi connectivity index (χ0) is 18.8. The molecule has 0 aliphatic carbocycles. The van der Waals surface area contributed by atoms with Crippen LogP contribution < -0.4 is 21.1 Å². The van der Waals surface area contributed by atoms with Crippen LogP contribution >= 0.6 is 11.6 Å². The second-order valence-corrected chi connectivity index (χ2v) is 7.01. The molecule has 1 aliphatic rings. The van der Waals surface area contributed by atoms with Gasteiger partial charge in [-0.15, -0.1) is 0 Å². The molecule has 1 aromatic carbocycles. The number of fused-ring (bicyclic) bond motifs is 1. The summed E-state index contributed by atoms with van der Waals surface area (Å²) in [5.41, 5.74) is 5.01. The van der Waals surface area contributed by atoms with Gasteiger partial charge in [-0.2, -0.15) is 0 Å². The fraction of sp³-hybridized carbons (Fsp3) is 0.438. The smallest absolute Gasteiger partial charge is 0.408 e. The van der Waals surface area contributed by atoms with Crippen LogP contribution in [-0.4, -0.2) is 35.7 Å². The van der Waals surface area contributed by atoms with Crippen molar-refractivity contribution < 1.29 is 23.9 Å². The largest absolute Gasteiger partial charge is 0.478 e. The molecule has 1 unspecified atom stereocenters. The zero-order valence-corrected chi connectivity index (χ0v) is 14.8. The first-order valence-electron chi connectivity index (χ1n) is 7.61. The molecule has 0 aromatic heterocycles. The van der Waals surface area contributed by atoms with Crippen molar-refractivity contribution in [2.45, 2.75) is 44.9 Å². The van der Waals surface area contributed by atoms with Gasteiger partial charge in [0.2, 0.25) is 5.91 Å². The number of carbonyl (C=O) groups excluding carboxylic acids is 3. The van der Waals surface area contributed by atoms with Crippen molar-refractivity contribution in [1.82, 2.24) is 5.32 Å². The van der Waals surface area contributed by atoms with Crippen LogP contribution in [0.25, 0.3) is 0 Å². The number of alkyl carbamates (subject to hydrolysis) is 1. The third-order valence-electron chi connectivity index (χ3n) is 3.25. The maximum Gasteiger partial charge on any atom is 0.408 e. The topological polar surface area (TPSA) is 120 Å². The number of benzene rings is 1. The number of halogens is 1. The van der Waals surface area contributed by atoms with Crippen LogP contribution in [0.5, 0.6) is 5.75 Å². The molecule has 3 amide bonds. The molecule has 8 nitrogen and oxygen atoms in total. The summed E-state index contributed by atoms with van der Waals surface area (Å²) in [4.78, 5) is 35.6. The highest BCUT2D eigenvalue weighted by Gasteiger charge is 2.33. The van der Waals surface area contributed by atoms with Crippen LogP contribution in [0.15, 0.2) is 18.2 Å². The average Bonchev–Trinajstić information content (AvgIpc) is 2.45. The Labute approximate surface area is 150 Å². The second-order valence-electron chi connectivity index (χ2n) is 6.57. The molecule has 9 heteroatoms. The van der Waals surface area contributed by atoms with Gasteiger partial charge < -0.3 is 25.8 Å². The van der Waals surface area contributed by atoms with E-state index in [1.54, 1.807) is 39.0 Å². The molecule has 4 N–H and O–H groups in total. The Morgan fingerprint density at radius 2 is 2.12 bits per heavy atom. The number of rotatable bonds is 4. The van der Waals surface area contributed by atoms with E-state index >= 15 is 0 Å². The standard InChI is InChI=1S/C16H20ClN3O5/c1-16(2,3)25-15(23)20-10(13(18)21)7-12-14(22)19-9-6-8(17)4-5-11(9)24-12/h4-6,10,12H,7H2,1-3H3,(H2,18,21)(H,19,22)(H,20,23)/t10?,12-/m0/s1. The summed E-state index contributed by atoms with van der Waals surface area (Å²) in [6.45, 7) is 5.06. The Kier molecular flexibility index (Phi) is 5.42. The van der Waals surface area contributed by atoms with Crippen molar-refractivity contribution in [3.05, 3.63) is 23.2 Å². The first kappa shape index (κ1) is 18.9. The minimum atomic E-state index is -1.13. The van der Waals surface area contributed by atoms with E-state index in [0.29, 0.717) is 16.5 Å². The second kappa shape index (κ2) is 7.18. The third-order valence-corrected chi connectivity index (χ3v) is 3.48. The van der Waals surface area contributed by atoms with Crippen LogP contribution in [0.1, 0.15) is 27.2 Å². The third kappa shape index (κ3) is 5.25. The summed E-state index contributed by atoms with van der Waals surface area (Å²) in [6.07, 6.45) is -1.94. The summed E-state index contributed by atoms with van der Waals surface area (Å²) in [5.74, 6) is -0.856. The van der Waals surface area contributed by atoms with Crippen molar-refractivity contribution in [2.24, 2.45) is 5.73 Å². The molecular weight excluding hydrogens is 350 g/mol. The van der Waals surface area contributed by atoms with Gasteiger partial charge in [0.25, 0.3) is 5.91 Å². The van der Waals surface area contributed by atoms with E-state index < -0.39 is 35.7 Å². The van der Waals surface area contributed by atoms with Crippen LogP contribution in [0.3, 0.4) is 0 Å². The summed E-state index contributed by atoms with van der Waals surface area (Å²) in [7, 11) is 0. The molecule has 1 aromatic rings. The lowest BCUT2D eigenvalue weighted by Gasteiger charge is -2.28. The predicted octanol–water partition coefficient (Wildman–Crippen LogP) is 1.81. The highest BCUT2D eigenvalue weighted by atomic mass is 35.5. The summed E-state index contributed by atoms with van der Waals surface area (Å²) in [6, 6.07) is 3.64. The minimum absolute atomic E-state index is 0.136. The Morgan fingerprint density at radius 3 is 2.72 bits per heavy atom. The van der Waals surface area contributed by atoms with Crippen molar-refractivity contribution in [1.29, 1.82) is 0 Å². The van der Waals surface area contributed by atoms with Crippen molar-refractivity contribution in [2.75, 3.05) is 5.32 Å². The molecule has 2 rings (SSSR count). The number of ether oxygens (including phenoxy) is 2. The lowest BCUT2D eigenvalue weighted by atomic mass is 10.1. The molecule has 1 heterocycles. The minimum Gasteiger partial charge on any atom is -0.478 e. The number of nitrogens with two attached hydrogens (primary N) is 1. The van der Waals surface area contributed by atoms with Gasteiger partial charge >= 0.3 is 6.09 Å². The van der Waals surface area contributed by atoms with Crippen LogP contribution in [-0.2, 0) is 14.3 Å². The zero-order valence-electron chi connectivity index (χ0n) is 14.1. The van der Waals surface area contributed by atoms with Gasteiger partial charge in [0.15, 0.2) is 6.10 Å². The maximum absolute atomic E-state index is 12.2. The molecular formula is C16H20ClN3O5. The lowest BCUT2D eigenvalue weighted by Crippen LogP contribution is -2.50. The van der Waals surface area contributed by atoms with Gasteiger partial charge in [-0.1, -0.05) is 11.6 Å². The first-order valence-corrected chi connectivity index (χ1v) is 7.99. The molecule has 0 fully saturated rings. The van der Waals surface area contributed by atoms with Gasteiger partial charge in [0, 0.05) is 11.4 Å². The number of carbonyl (C=O) groups is 3. The SMILES string of the molecule is CC(C)(C)OC(=O)NC(C[C@@H]1Oc2ccc(Cl)cc2NC1=O)C(N)=O. The normalized spacial score (nSPS) is 17.6. The number of anilines is 1. The van der Waals surface area contributed by atoms with E-state index in [1.807, 2.05) is 0 Å². The molecule has 2 atom stereocenters. The van der Waals surface area contributed by atoms with Crippen molar-refractivity contribution in [3.63, 3.8) is 0 Å². The molecule has 0 bridgehead atoms. The van der Waals surface area contributed by atoms with Gasteiger partial charge in [-0.25, -0.2) is 4.79 Å². The quantitative estimate of drug-likeness (QED) is 0.747. The molecule has 0 radical (unpaired) electrons. The molecule has 0 spiro atoms. The summed E-state index contributed by atoms with van der Waals surface area (Å²) >= 11 is 5.87. The molecule has 25 heavy (non-hydrogen) atoms. The van der Waals surface area contributed by atoms with Crippen LogP contribution in [0, 0.1) is 0 Å². The molecule has 0 saturated heterocycles. The Hall–Kier alpha value is -2.48. The van der Waals surface area contributed by atoms with E-state index in [0.717, 1.165) is 0 Å². The molecule has 0 saturated carbocycles. The van der Waals surface area contributed by atoms with Crippen molar-refractivity contribution in [3.8, 4) is 5.75 Å². The highest BCUT2D eigenvalue weighted by Crippen LogP contribution is 2.32. The van der Waals surface area contributed by atoms with Gasteiger partial charge in [0.05, 0.1) is 5.69 Å². The van der Waals surface area contributed by atoms with Crippen LogP contribution in [0.2, 0.25) is 5.02 Å². The maximum atomic E-state index is 12.2. The highest BCUT2D eigenvalue weighted by molar-refractivity contribution is 6.31. The van der Waals surface area contributed by atoms with Gasteiger partial charge in [-0.3, -0.25) is 9.59 Å². The van der Waals surface area contributed by atoms with E-state index in [2.05, 4.69) is 10.6 Å². The Morgan fingerprint density at radius 1 is 1.44 bits per heavy atom. The summed E-state index contributed by atoms with van der Waals surface area (Å²) < 4.78 is 10.7. The average molecular weight is 370 g/mol. The number of hydrogen-bond donors (Lipinski definition) is 3. The molecule has 136 valence electrons. The van der Waals surface area contributed by atoms with E-state index in [1.165, 1.54) is 0 Å². The number of amides is 3. The van der Waals surface area contributed by atoms with E-state index in [9.17, 15) is 14.4 Å². The van der Waals surface area contributed by atoms with Crippen molar-refractivity contribution >= 4 is 35.2 Å². The molecule has 1 aliphatic heterocycles. The van der Waals surface area contributed by atoms with Crippen LogP contribution in [0.4, 0.5) is 10.5 Å². The lowest BCUT2D eigenvalue weighted by molar-refractivity contribution is -0.125. The Balaban J connectivity index is 2.07. The number of nitrogens with one attached hydrogen (secondary N) is 2. The predicted molar refractivity (Wildman–Crippen MR) is 91.5 cm³/mol. The van der Waals surface area contributed by atoms with E-state index in [4.69, 9.17) is 26.8 Å². The first-order chi connectivity index (χ1) is 11.5. The fourth-order valence-corrected chi connectivity index (χ4v) is 2.36. The summed E-state index contributed by atoms with van der Waals surface area (Å²) in [5, 5.41) is 5.45. The van der Waals surface area contributed by atoms with Gasteiger partial charge in [-0.05, 0) is 39.0 Å². The number of hydrogen-bond acceptors (Lipinski definition) is 5. The fourth-order valence-electron chi connectivity index (χ4n) is 2.19. The van der Waals surface area contributed by atoms with E-state index in [-0.39, 0.29) is 6.42 Å². The Bertz CT molecular complexity index is 702. The van der Waals surface area contributed by atoms with Gasteiger partial charge in [0.1, 0.15) is 17.4 Å². The number of primary amides is 1.